The molecule has 0 amide bonds. The van der Waals surface area contributed by atoms with Crippen LogP contribution >= 0.6 is 0 Å². The average Bonchev–Trinajstić information content (AvgIpc) is 2.69. The summed E-state index contributed by atoms with van der Waals surface area (Å²) in [6.45, 7) is 1.81. The van der Waals surface area contributed by atoms with E-state index in [-0.39, 0.29) is 0 Å². The van der Waals surface area contributed by atoms with Crippen molar-refractivity contribution in [1.29, 1.82) is 0 Å². The molecule has 0 aliphatic carbocycles. The van der Waals surface area contributed by atoms with Gasteiger partial charge in [-0.15, -0.1) is 0 Å². The highest BCUT2D eigenvalue weighted by atomic mass is 32.2. The highest BCUT2D eigenvalue weighted by Crippen LogP contribution is 2.13. The second-order valence-corrected chi connectivity index (χ2v) is 6.39. The van der Waals surface area contributed by atoms with Gasteiger partial charge in [0, 0.05) is 11.9 Å². The average molecular weight is 263 g/mol. The molecule has 0 N–H and O–H groups in total. The normalized spacial score (nSPS) is 11.7. The Labute approximate surface area is 108 Å². The maximum atomic E-state index is 11.5. The third-order valence-electron chi connectivity index (χ3n) is 2.93. The van der Waals surface area contributed by atoms with Crippen LogP contribution in [0.5, 0.6) is 0 Å². The van der Waals surface area contributed by atoms with Gasteiger partial charge in [-0.05, 0) is 37.0 Å². The zero-order valence-electron chi connectivity index (χ0n) is 10.6. The van der Waals surface area contributed by atoms with E-state index in [9.17, 15) is 8.42 Å². The van der Waals surface area contributed by atoms with Gasteiger partial charge in [0.05, 0.1) is 6.26 Å². The summed E-state index contributed by atoms with van der Waals surface area (Å²) in [6.07, 6.45) is 4.72. The molecule has 96 valence electrons. The molecule has 0 fully saturated rings. The van der Waals surface area contributed by atoms with Crippen LogP contribution in [-0.2, 0) is 22.9 Å². The molecule has 1 heterocycles. The Kier molecular flexibility index (Phi) is 3.57. The first kappa shape index (κ1) is 12.9. The second-order valence-electron chi connectivity index (χ2n) is 4.53. The molecule has 2 rings (SSSR count). The van der Waals surface area contributed by atoms with Crippen molar-refractivity contribution in [3.63, 3.8) is 0 Å². The van der Waals surface area contributed by atoms with Crippen molar-refractivity contribution >= 4 is 10.0 Å². The van der Waals surface area contributed by atoms with Gasteiger partial charge in [-0.1, -0.05) is 30.3 Å². The fourth-order valence-electron chi connectivity index (χ4n) is 2.05. The molecule has 0 radical (unpaired) electrons. The lowest BCUT2D eigenvalue weighted by Crippen LogP contribution is -2.09. The Hall–Kier alpha value is -1.55. The van der Waals surface area contributed by atoms with Crippen LogP contribution in [0.25, 0.3) is 0 Å². The summed E-state index contributed by atoms with van der Waals surface area (Å²) >= 11 is 0. The molecule has 0 atom stereocenters. The number of aryl methyl sites for hydroxylation is 3. The van der Waals surface area contributed by atoms with Crippen LogP contribution in [0.15, 0.2) is 42.6 Å². The van der Waals surface area contributed by atoms with Crippen molar-refractivity contribution in [2.24, 2.45) is 0 Å². The minimum Gasteiger partial charge on any atom is -0.250 e. The van der Waals surface area contributed by atoms with Gasteiger partial charge in [0.2, 0.25) is 10.0 Å². The summed E-state index contributed by atoms with van der Waals surface area (Å²) in [4.78, 5) is 0. The molecule has 0 aliphatic rings. The van der Waals surface area contributed by atoms with Gasteiger partial charge >= 0.3 is 0 Å². The van der Waals surface area contributed by atoms with Crippen molar-refractivity contribution < 1.29 is 8.42 Å². The Morgan fingerprint density at radius 3 is 2.22 bits per heavy atom. The number of aromatic nitrogens is 1. The summed E-state index contributed by atoms with van der Waals surface area (Å²) in [5.74, 6) is 0. The molecule has 18 heavy (non-hydrogen) atoms. The van der Waals surface area contributed by atoms with E-state index in [1.165, 1.54) is 15.8 Å². The predicted octanol–water partition coefficient (Wildman–Crippen LogP) is 2.39. The maximum absolute atomic E-state index is 11.5. The van der Waals surface area contributed by atoms with Gasteiger partial charge in [0.15, 0.2) is 0 Å². The van der Waals surface area contributed by atoms with Crippen LogP contribution in [0.3, 0.4) is 0 Å². The lowest BCUT2D eigenvalue weighted by Gasteiger charge is -2.01. The number of nitrogens with zero attached hydrogens (tertiary/aromatic N) is 1. The highest BCUT2D eigenvalue weighted by Gasteiger charge is 2.10. The summed E-state index contributed by atoms with van der Waals surface area (Å²) in [5.41, 5.74) is 3.09. The first-order chi connectivity index (χ1) is 8.47. The van der Waals surface area contributed by atoms with Crippen LogP contribution in [0.4, 0.5) is 0 Å². The molecule has 0 saturated heterocycles. The highest BCUT2D eigenvalue weighted by molar-refractivity contribution is 7.89. The van der Waals surface area contributed by atoms with Crippen LogP contribution in [-0.4, -0.2) is 18.6 Å². The molecule has 2 aromatic rings. The summed E-state index contributed by atoms with van der Waals surface area (Å²) in [5, 5.41) is 0. The zero-order valence-corrected chi connectivity index (χ0v) is 11.4. The Morgan fingerprint density at radius 2 is 1.67 bits per heavy atom. The Bertz CT molecular complexity index is 627. The topological polar surface area (TPSA) is 39.1 Å². The van der Waals surface area contributed by atoms with E-state index >= 15 is 0 Å². The van der Waals surface area contributed by atoms with E-state index < -0.39 is 10.0 Å². The number of hydrogen-bond acceptors (Lipinski definition) is 2. The lowest BCUT2D eigenvalue weighted by molar-refractivity contribution is 0.592. The van der Waals surface area contributed by atoms with Crippen LogP contribution in [0.1, 0.15) is 16.8 Å². The summed E-state index contributed by atoms with van der Waals surface area (Å²) < 4.78 is 24.3. The van der Waals surface area contributed by atoms with Gasteiger partial charge in [0.1, 0.15) is 0 Å². The van der Waals surface area contributed by atoms with Gasteiger partial charge in [-0.25, -0.2) is 8.42 Å². The fraction of sp³-hybridized carbons (Fsp3) is 0.286. The molecule has 4 heteroatoms. The summed E-state index contributed by atoms with van der Waals surface area (Å²) in [6, 6.07) is 12.1. The van der Waals surface area contributed by atoms with Gasteiger partial charge in [-0.2, -0.15) is 0 Å². The van der Waals surface area contributed by atoms with Crippen molar-refractivity contribution in [2.75, 3.05) is 6.26 Å². The molecular weight excluding hydrogens is 246 g/mol. The summed E-state index contributed by atoms with van der Waals surface area (Å²) in [7, 11) is -3.18. The minimum absolute atomic E-state index is 0.764. The number of rotatable bonds is 4. The quantitative estimate of drug-likeness (QED) is 0.849. The smallest absolute Gasteiger partial charge is 0.235 e. The van der Waals surface area contributed by atoms with Crippen LogP contribution in [0, 0.1) is 6.92 Å². The van der Waals surface area contributed by atoms with E-state index in [2.05, 4.69) is 12.1 Å². The van der Waals surface area contributed by atoms with E-state index in [1.54, 1.807) is 6.20 Å². The minimum atomic E-state index is -3.18. The standard InChI is InChI=1S/C14H17NO2S/c1-12-10-14(11-15(12)18(2,16)17)9-8-13-6-4-3-5-7-13/h3-7,10-11H,8-9H2,1-2H3. The molecule has 1 aromatic carbocycles. The third-order valence-corrected chi connectivity index (χ3v) is 4.04. The van der Waals surface area contributed by atoms with E-state index in [4.69, 9.17) is 0 Å². The van der Waals surface area contributed by atoms with Crippen LogP contribution in [0.2, 0.25) is 0 Å². The second kappa shape index (κ2) is 4.98. The van der Waals surface area contributed by atoms with E-state index in [1.807, 2.05) is 31.2 Å². The largest absolute Gasteiger partial charge is 0.250 e. The first-order valence-electron chi connectivity index (χ1n) is 5.89. The van der Waals surface area contributed by atoms with Crippen LogP contribution < -0.4 is 0 Å². The third kappa shape index (κ3) is 3.01. The van der Waals surface area contributed by atoms with Crippen molar-refractivity contribution in [1.82, 2.24) is 3.97 Å². The molecule has 1 aromatic heterocycles. The molecule has 0 aliphatic heterocycles. The van der Waals surface area contributed by atoms with Crippen molar-refractivity contribution in [3.8, 4) is 0 Å². The maximum Gasteiger partial charge on any atom is 0.235 e. The molecule has 0 spiro atoms. The Balaban J connectivity index is 2.12. The predicted molar refractivity (Wildman–Crippen MR) is 73.3 cm³/mol. The number of hydrogen-bond donors (Lipinski definition) is 0. The molecule has 3 nitrogen and oxygen atoms in total. The van der Waals surface area contributed by atoms with Crippen molar-refractivity contribution in [2.45, 2.75) is 19.8 Å². The fourth-order valence-corrected chi connectivity index (χ4v) is 2.95. The van der Waals surface area contributed by atoms with E-state index in [0.29, 0.717) is 0 Å². The first-order valence-corrected chi connectivity index (χ1v) is 7.74. The lowest BCUT2D eigenvalue weighted by atomic mass is 10.1. The van der Waals surface area contributed by atoms with Gasteiger partial charge < -0.3 is 0 Å². The molecule has 0 saturated carbocycles. The Morgan fingerprint density at radius 1 is 1.06 bits per heavy atom. The van der Waals surface area contributed by atoms with E-state index in [0.717, 1.165) is 24.1 Å². The SMILES string of the molecule is Cc1cc(CCc2ccccc2)cn1S(C)(=O)=O. The number of benzene rings is 1. The van der Waals surface area contributed by atoms with Gasteiger partial charge in [-0.3, -0.25) is 3.97 Å². The molecular formula is C14H17NO2S. The molecule has 0 bridgehead atoms. The monoisotopic (exact) mass is 263 g/mol. The molecule has 0 unspecified atom stereocenters. The van der Waals surface area contributed by atoms with Gasteiger partial charge in [0.25, 0.3) is 0 Å². The van der Waals surface area contributed by atoms with Crippen molar-refractivity contribution in [3.05, 3.63) is 59.4 Å². The zero-order chi connectivity index (χ0) is 13.2.